The third kappa shape index (κ3) is 3.42. The highest BCUT2D eigenvalue weighted by atomic mass is 35.5. The molecule has 0 saturated heterocycles. The molecule has 1 aliphatic rings. The van der Waals surface area contributed by atoms with Crippen molar-refractivity contribution in [3.8, 4) is 5.75 Å². The molecule has 0 aliphatic heterocycles. The number of halogens is 2. The summed E-state index contributed by atoms with van der Waals surface area (Å²) in [4.78, 5) is 21.5. The number of anilines is 2. The average molecular weight is 423 g/mol. The molecule has 1 saturated carbocycles. The molecule has 0 unspecified atom stereocenters. The van der Waals surface area contributed by atoms with Crippen LogP contribution in [0.3, 0.4) is 0 Å². The largest absolute Gasteiger partial charge is 0.495 e. The van der Waals surface area contributed by atoms with Crippen LogP contribution in [0.25, 0.3) is 10.2 Å². The summed E-state index contributed by atoms with van der Waals surface area (Å²) in [6.45, 7) is 1.82. The monoisotopic (exact) mass is 422 g/mol. The summed E-state index contributed by atoms with van der Waals surface area (Å²) < 4.78 is 6.11. The van der Waals surface area contributed by atoms with Gasteiger partial charge >= 0.3 is 0 Å². The summed E-state index contributed by atoms with van der Waals surface area (Å²) in [5, 5.41) is 8.57. The number of carbonyl (C=O) groups is 1. The fourth-order valence-corrected chi connectivity index (χ4v) is 4.19. The third-order valence-corrected chi connectivity index (χ3v) is 6.16. The lowest BCUT2D eigenvalue weighted by molar-refractivity contribution is 0.102. The summed E-state index contributed by atoms with van der Waals surface area (Å²) in [6.07, 6.45) is 3.74. The maximum absolute atomic E-state index is 12.9. The van der Waals surface area contributed by atoms with Crippen molar-refractivity contribution in [2.45, 2.75) is 25.8 Å². The molecule has 140 valence electrons. The van der Waals surface area contributed by atoms with E-state index < -0.39 is 0 Å². The van der Waals surface area contributed by atoms with Crippen LogP contribution in [0.15, 0.2) is 17.8 Å². The van der Waals surface area contributed by atoms with E-state index in [0.29, 0.717) is 33.6 Å². The Morgan fingerprint density at radius 1 is 1.30 bits per heavy atom. The molecule has 0 atom stereocenters. The Labute approximate surface area is 169 Å². The van der Waals surface area contributed by atoms with Gasteiger partial charge in [0.25, 0.3) is 5.91 Å². The second-order valence-corrected chi connectivity index (χ2v) is 7.96. The molecule has 0 radical (unpaired) electrons. The van der Waals surface area contributed by atoms with Crippen molar-refractivity contribution in [2.24, 2.45) is 0 Å². The van der Waals surface area contributed by atoms with E-state index >= 15 is 0 Å². The molecule has 9 heteroatoms. The maximum Gasteiger partial charge on any atom is 0.258 e. The van der Waals surface area contributed by atoms with Gasteiger partial charge in [0, 0.05) is 11.4 Å². The van der Waals surface area contributed by atoms with E-state index in [1.807, 2.05) is 6.92 Å². The van der Waals surface area contributed by atoms with Crippen LogP contribution in [-0.2, 0) is 0 Å². The lowest BCUT2D eigenvalue weighted by Gasteiger charge is -2.14. The van der Waals surface area contributed by atoms with Gasteiger partial charge in [-0.05, 0) is 31.4 Å². The SMILES string of the molecule is COc1cc(C)c(Cl)c(NC(=O)c2csc3c(NC4CC4)ncnc23)c1Cl. The van der Waals surface area contributed by atoms with E-state index in [9.17, 15) is 4.79 Å². The smallest absolute Gasteiger partial charge is 0.258 e. The van der Waals surface area contributed by atoms with Crippen LogP contribution in [0.2, 0.25) is 10.0 Å². The van der Waals surface area contributed by atoms with Gasteiger partial charge in [0.05, 0.1) is 33.6 Å². The van der Waals surface area contributed by atoms with Crippen molar-refractivity contribution < 1.29 is 9.53 Å². The molecular weight excluding hydrogens is 407 g/mol. The van der Waals surface area contributed by atoms with E-state index in [1.54, 1.807) is 11.4 Å². The number of rotatable bonds is 5. The van der Waals surface area contributed by atoms with E-state index in [0.717, 1.165) is 28.9 Å². The first kappa shape index (κ1) is 18.3. The predicted octanol–water partition coefficient (Wildman–Crippen LogP) is 5.14. The Kier molecular flexibility index (Phi) is 4.84. The number of hydrogen-bond donors (Lipinski definition) is 2. The number of methoxy groups -OCH3 is 1. The number of fused-ring (bicyclic) bond motifs is 1. The van der Waals surface area contributed by atoms with Gasteiger partial charge in [-0.15, -0.1) is 11.3 Å². The van der Waals surface area contributed by atoms with E-state index in [-0.39, 0.29) is 10.9 Å². The molecule has 4 rings (SSSR count). The average Bonchev–Trinajstić information content (AvgIpc) is 3.36. The summed E-state index contributed by atoms with van der Waals surface area (Å²) in [6, 6.07) is 2.18. The normalized spacial score (nSPS) is 13.6. The van der Waals surface area contributed by atoms with Gasteiger partial charge in [-0.3, -0.25) is 4.79 Å². The zero-order chi connectivity index (χ0) is 19.1. The summed E-state index contributed by atoms with van der Waals surface area (Å²) in [5.41, 5.74) is 2.12. The van der Waals surface area contributed by atoms with Crippen molar-refractivity contribution in [1.29, 1.82) is 0 Å². The Balaban J connectivity index is 1.69. The third-order valence-electron chi connectivity index (χ3n) is 4.32. The van der Waals surface area contributed by atoms with Crippen LogP contribution in [0.5, 0.6) is 5.75 Å². The number of carbonyl (C=O) groups excluding carboxylic acids is 1. The minimum absolute atomic E-state index is 0.256. The second-order valence-electron chi connectivity index (χ2n) is 6.32. The first-order chi connectivity index (χ1) is 13.0. The minimum Gasteiger partial charge on any atom is -0.495 e. The number of aryl methyl sites for hydroxylation is 1. The molecule has 1 aromatic carbocycles. The molecule has 2 aromatic heterocycles. The first-order valence-corrected chi connectivity index (χ1v) is 9.95. The van der Waals surface area contributed by atoms with Gasteiger partial charge in [-0.1, -0.05) is 23.2 Å². The molecule has 2 N–H and O–H groups in total. The summed E-state index contributed by atoms with van der Waals surface area (Å²) in [7, 11) is 1.51. The highest BCUT2D eigenvalue weighted by Crippen LogP contribution is 2.41. The van der Waals surface area contributed by atoms with Crippen LogP contribution >= 0.6 is 34.5 Å². The standard InChI is InChI=1S/C18H16Cl2N4O2S/c1-8-5-11(26-2)13(20)15(12(8)19)24-18(25)10-6-27-16-14(10)21-7-22-17(16)23-9-3-4-9/h5-7,9H,3-4H2,1-2H3,(H,24,25)(H,21,22,23). The molecule has 3 aromatic rings. The molecule has 2 heterocycles. The van der Waals surface area contributed by atoms with Gasteiger partial charge in [-0.2, -0.15) is 0 Å². The Bertz CT molecular complexity index is 1050. The van der Waals surface area contributed by atoms with Crippen LogP contribution < -0.4 is 15.4 Å². The van der Waals surface area contributed by atoms with Crippen LogP contribution in [0.4, 0.5) is 11.5 Å². The molecule has 0 bridgehead atoms. The predicted molar refractivity (Wildman–Crippen MR) is 110 cm³/mol. The van der Waals surface area contributed by atoms with E-state index in [4.69, 9.17) is 27.9 Å². The molecule has 1 amide bonds. The lowest BCUT2D eigenvalue weighted by Crippen LogP contribution is -2.13. The molecular formula is C18H16Cl2N4O2S. The number of amides is 1. The van der Waals surface area contributed by atoms with Crippen LogP contribution in [0, 0.1) is 6.92 Å². The number of benzene rings is 1. The molecule has 0 spiro atoms. The highest BCUT2D eigenvalue weighted by Gasteiger charge is 2.24. The Morgan fingerprint density at radius 2 is 2.07 bits per heavy atom. The van der Waals surface area contributed by atoms with Crippen molar-refractivity contribution in [2.75, 3.05) is 17.7 Å². The maximum atomic E-state index is 12.9. The Morgan fingerprint density at radius 3 is 2.78 bits per heavy atom. The van der Waals surface area contributed by atoms with Crippen LogP contribution in [0.1, 0.15) is 28.8 Å². The lowest BCUT2D eigenvalue weighted by atomic mass is 10.2. The molecule has 27 heavy (non-hydrogen) atoms. The Hall–Kier alpha value is -2.09. The zero-order valence-electron chi connectivity index (χ0n) is 14.6. The van der Waals surface area contributed by atoms with Gasteiger partial charge < -0.3 is 15.4 Å². The van der Waals surface area contributed by atoms with Crippen LogP contribution in [-0.4, -0.2) is 29.0 Å². The topological polar surface area (TPSA) is 76.1 Å². The summed E-state index contributed by atoms with van der Waals surface area (Å²) in [5.74, 6) is 0.871. The number of ether oxygens (including phenoxy) is 1. The number of nitrogens with zero attached hydrogens (tertiary/aromatic N) is 2. The number of thiophene rings is 1. The number of hydrogen-bond acceptors (Lipinski definition) is 6. The number of nitrogens with one attached hydrogen (secondary N) is 2. The molecule has 1 fully saturated rings. The van der Waals surface area contributed by atoms with Crippen molar-refractivity contribution in [1.82, 2.24) is 9.97 Å². The first-order valence-electron chi connectivity index (χ1n) is 8.32. The molecule has 1 aliphatic carbocycles. The van der Waals surface area contributed by atoms with Crippen molar-refractivity contribution >= 4 is 62.2 Å². The van der Waals surface area contributed by atoms with E-state index in [1.165, 1.54) is 24.8 Å². The minimum atomic E-state index is -0.339. The highest BCUT2D eigenvalue weighted by molar-refractivity contribution is 7.18. The fourth-order valence-electron chi connectivity index (χ4n) is 2.72. The number of aromatic nitrogens is 2. The zero-order valence-corrected chi connectivity index (χ0v) is 16.9. The van der Waals surface area contributed by atoms with Gasteiger partial charge in [0.2, 0.25) is 0 Å². The second kappa shape index (κ2) is 7.14. The summed E-state index contributed by atoms with van der Waals surface area (Å²) >= 11 is 14.1. The van der Waals surface area contributed by atoms with E-state index in [2.05, 4.69) is 20.6 Å². The van der Waals surface area contributed by atoms with Crippen molar-refractivity contribution in [3.05, 3.63) is 38.9 Å². The van der Waals surface area contributed by atoms with Gasteiger partial charge in [0.1, 0.15) is 22.9 Å². The fraction of sp³-hybridized carbons (Fsp3) is 0.278. The van der Waals surface area contributed by atoms with Crippen molar-refractivity contribution in [3.63, 3.8) is 0 Å². The quantitative estimate of drug-likeness (QED) is 0.594. The molecule has 6 nitrogen and oxygen atoms in total. The van der Waals surface area contributed by atoms with Gasteiger partial charge in [0.15, 0.2) is 0 Å². The van der Waals surface area contributed by atoms with Gasteiger partial charge in [-0.25, -0.2) is 9.97 Å².